The van der Waals surface area contributed by atoms with Gasteiger partial charge in [-0.25, -0.2) is 4.79 Å². The molecule has 1 spiro atoms. The van der Waals surface area contributed by atoms with Crippen LogP contribution in [0.3, 0.4) is 0 Å². The second-order valence-corrected chi connectivity index (χ2v) is 17.2. The van der Waals surface area contributed by atoms with Gasteiger partial charge in [0, 0.05) is 49.5 Å². The second-order valence-electron chi connectivity index (χ2n) is 17.2. The Morgan fingerprint density at radius 1 is 0.942 bits per heavy atom. The van der Waals surface area contributed by atoms with Crippen LogP contribution in [0.2, 0.25) is 0 Å². The van der Waals surface area contributed by atoms with E-state index in [9.17, 15) is 40.5 Å². The molecule has 0 amide bonds. The average Bonchev–Trinajstić information content (AvgIpc) is 3.08. The van der Waals surface area contributed by atoms with Crippen LogP contribution in [0, 0.1) is 29.6 Å². The van der Waals surface area contributed by atoms with Crippen molar-refractivity contribution in [3.8, 4) is 0 Å². The van der Waals surface area contributed by atoms with E-state index in [1.807, 2.05) is 26.0 Å². The summed E-state index contributed by atoms with van der Waals surface area (Å²) in [6.07, 6.45) is 4.21. The number of aliphatic hydroxyl groups excluding tert-OH is 4. The van der Waals surface area contributed by atoms with Crippen molar-refractivity contribution in [2.75, 3.05) is 6.61 Å². The first-order valence-corrected chi connectivity index (χ1v) is 19.7. The van der Waals surface area contributed by atoms with Crippen LogP contribution in [-0.2, 0) is 23.7 Å². The molecule has 4 aliphatic heterocycles. The number of esters is 1. The molecule has 0 aromatic rings. The Balaban J connectivity index is 1.69. The molecule has 7 N–H and O–H groups in total. The van der Waals surface area contributed by atoms with Crippen LogP contribution in [0.4, 0.5) is 0 Å². The van der Waals surface area contributed by atoms with Crippen molar-refractivity contribution in [2.45, 2.75) is 185 Å². The Hall–Kier alpha value is -1.45. The molecule has 0 aromatic carbocycles. The summed E-state index contributed by atoms with van der Waals surface area (Å²) < 4.78 is 25.8. The predicted octanol–water partition coefficient (Wildman–Crippen LogP) is 3.65. The van der Waals surface area contributed by atoms with Crippen LogP contribution in [0.1, 0.15) is 119 Å². The molecule has 52 heavy (non-hydrogen) atoms. The Morgan fingerprint density at radius 2 is 1.65 bits per heavy atom. The molecular formula is C40H68O12. The van der Waals surface area contributed by atoms with Crippen molar-refractivity contribution in [2.24, 2.45) is 29.6 Å². The first-order chi connectivity index (χ1) is 24.2. The fourth-order valence-corrected chi connectivity index (χ4v) is 8.35. The van der Waals surface area contributed by atoms with Crippen LogP contribution in [0.5, 0.6) is 0 Å². The molecule has 0 unspecified atom stereocenters. The lowest BCUT2D eigenvalue weighted by Crippen LogP contribution is -2.59. The predicted molar refractivity (Wildman–Crippen MR) is 193 cm³/mol. The van der Waals surface area contributed by atoms with Crippen molar-refractivity contribution >= 4 is 5.97 Å². The van der Waals surface area contributed by atoms with Crippen molar-refractivity contribution in [3.63, 3.8) is 0 Å². The molecule has 0 aliphatic carbocycles. The molecule has 300 valence electrons. The topological polar surface area (TPSA) is 196 Å². The highest BCUT2D eigenvalue weighted by atomic mass is 16.7. The van der Waals surface area contributed by atoms with Crippen LogP contribution < -0.4 is 0 Å². The van der Waals surface area contributed by atoms with Gasteiger partial charge in [-0.05, 0) is 76.7 Å². The van der Waals surface area contributed by atoms with E-state index in [4.69, 9.17) is 18.9 Å². The van der Waals surface area contributed by atoms with Crippen LogP contribution >= 0.6 is 0 Å². The maximum Gasteiger partial charge on any atom is 0.330 e. The number of hydrogen-bond acceptors (Lipinski definition) is 12. The summed E-state index contributed by atoms with van der Waals surface area (Å²) in [5.41, 5.74) is -3.48. The zero-order valence-electron chi connectivity index (χ0n) is 32.4. The van der Waals surface area contributed by atoms with E-state index in [-0.39, 0.29) is 49.5 Å². The number of hydrogen-bond donors (Lipinski definition) is 7. The summed E-state index contributed by atoms with van der Waals surface area (Å²) in [5.74, 6) is -4.82. The van der Waals surface area contributed by atoms with Gasteiger partial charge in [-0.2, -0.15) is 0 Å². The maximum absolute atomic E-state index is 13.4. The summed E-state index contributed by atoms with van der Waals surface area (Å²) in [6.45, 7) is 12.7. The Kier molecular flexibility index (Phi) is 14.6. The number of fused-ring (bicyclic) bond motifs is 3. The molecule has 3 fully saturated rings. The molecule has 12 heteroatoms. The number of ether oxygens (including phenoxy) is 4. The van der Waals surface area contributed by atoms with Crippen LogP contribution in [0.15, 0.2) is 24.3 Å². The molecule has 4 heterocycles. The van der Waals surface area contributed by atoms with E-state index in [0.717, 1.165) is 18.6 Å². The van der Waals surface area contributed by atoms with Crippen molar-refractivity contribution in [1.82, 2.24) is 0 Å². The van der Waals surface area contributed by atoms with Crippen molar-refractivity contribution < 1.29 is 59.5 Å². The molecule has 0 radical (unpaired) electrons. The van der Waals surface area contributed by atoms with Gasteiger partial charge in [-0.15, -0.1) is 0 Å². The minimum atomic E-state index is -1.95. The smallest absolute Gasteiger partial charge is 0.330 e. The molecule has 16 atom stereocenters. The standard InChI is InChI=1S/C40H68O12/c1-8-29(41)19-31-25(3)13-17-39(51-31)21-32-27(5)33(52-39)22-40(48)28(18-24(2)23-49-40)12-10-9-11-15-37(6,46)34(43)20-30(42)26(4)36(45)38(7,47)16-14-35(44)50-32/h10,12,14,16,24-34,36,41-43,45-48H,8-9,11,13,15,17-23H2,1-7H3/b12-10+,16-14+/t24-,25-,26+,27-,28-,29+,30-,31-,32+,33+,34+,36-,37+,38-,39+,40-/m0/s1. The van der Waals surface area contributed by atoms with Crippen molar-refractivity contribution in [3.05, 3.63) is 24.3 Å². The minimum Gasteiger partial charge on any atom is -0.459 e. The SMILES string of the molecule is CC[C@@H](O)C[C@@H]1O[C@@]2(CC[C@@H]1C)C[C@H]1OC(=O)/C=C/[C@](C)(O)[C@@H](O)[C@H](C)[C@@H](O)C[C@@H](O)[C@](C)(O)CCC/C=C/[C@H]3C[C@H](C)CO[C@@]3(O)C[C@@H](O2)[C@H]1C. The zero-order valence-corrected chi connectivity index (χ0v) is 32.4. The molecule has 0 aromatic heterocycles. The highest BCUT2D eigenvalue weighted by Crippen LogP contribution is 2.48. The van der Waals surface area contributed by atoms with E-state index in [1.165, 1.54) is 20.8 Å². The van der Waals surface area contributed by atoms with Gasteiger partial charge in [0.15, 0.2) is 11.6 Å². The Labute approximate surface area is 310 Å². The fraction of sp³-hybridized carbons (Fsp3) is 0.875. The van der Waals surface area contributed by atoms with E-state index < -0.39 is 77.2 Å². The first-order valence-electron chi connectivity index (χ1n) is 19.7. The molecule has 0 saturated carbocycles. The Bertz CT molecular complexity index is 1220. The monoisotopic (exact) mass is 740 g/mol. The van der Waals surface area contributed by atoms with E-state index in [2.05, 4.69) is 13.8 Å². The number of allylic oxidation sites excluding steroid dienone is 1. The van der Waals surface area contributed by atoms with Gasteiger partial charge < -0.3 is 54.7 Å². The number of carbonyl (C=O) groups is 1. The summed E-state index contributed by atoms with van der Waals surface area (Å²) in [5, 5.41) is 77.8. The molecule has 4 rings (SSSR count). The summed E-state index contributed by atoms with van der Waals surface area (Å²) in [7, 11) is 0. The number of carbonyl (C=O) groups excluding carboxylic acids is 1. The number of aliphatic hydroxyl groups is 7. The normalized spacial score (nSPS) is 49.4. The van der Waals surface area contributed by atoms with Gasteiger partial charge >= 0.3 is 5.97 Å². The van der Waals surface area contributed by atoms with Gasteiger partial charge in [-0.1, -0.05) is 46.8 Å². The largest absolute Gasteiger partial charge is 0.459 e. The molecule has 4 aliphatic rings. The fourth-order valence-electron chi connectivity index (χ4n) is 8.35. The maximum atomic E-state index is 13.4. The van der Waals surface area contributed by atoms with Crippen molar-refractivity contribution in [1.29, 1.82) is 0 Å². The second kappa shape index (κ2) is 17.6. The summed E-state index contributed by atoms with van der Waals surface area (Å²) >= 11 is 0. The average molecular weight is 741 g/mol. The van der Waals surface area contributed by atoms with Crippen LogP contribution in [-0.4, -0.2) is 114 Å². The Morgan fingerprint density at radius 3 is 2.35 bits per heavy atom. The third-order valence-electron chi connectivity index (χ3n) is 12.5. The summed E-state index contributed by atoms with van der Waals surface area (Å²) in [4.78, 5) is 13.4. The lowest BCUT2D eigenvalue weighted by Gasteiger charge is -2.53. The highest BCUT2D eigenvalue weighted by Gasteiger charge is 2.54. The van der Waals surface area contributed by atoms with E-state index >= 15 is 0 Å². The zero-order chi connectivity index (χ0) is 38.6. The molecule has 2 bridgehead atoms. The van der Waals surface area contributed by atoms with Gasteiger partial charge in [0.25, 0.3) is 0 Å². The molecular weight excluding hydrogens is 672 g/mol. The minimum absolute atomic E-state index is 0.0880. The third kappa shape index (κ3) is 10.6. The van der Waals surface area contributed by atoms with Gasteiger partial charge in [0.2, 0.25) is 0 Å². The van der Waals surface area contributed by atoms with E-state index in [0.29, 0.717) is 45.1 Å². The van der Waals surface area contributed by atoms with Gasteiger partial charge in [0.05, 0.1) is 48.8 Å². The quantitative estimate of drug-likeness (QED) is 0.164. The molecule has 3 saturated heterocycles. The van der Waals surface area contributed by atoms with Crippen LogP contribution in [0.25, 0.3) is 0 Å². The molecule has 12 nitrogen and oxygen atoms in total. The van der Waals surface area contributed by atoms with Gasteiger partial charge in [-0.3, -0.25) is 0 Å². The number of rotatable bonds is 3. The van der Waals surface area contributed by atoms with Gasteiger partial charge in [0.1, 0.15) is 11.7 Å². The lowest BCUT2D eigenvalue weighted by molar-refractivity contribution is -0.362. The lowest BCUT2D eigenvalue weighted by atomic mass is 9.77. The summed E-state index contributed by atoms with van der Waals surface area (Å²) in [6, 6.07) is 0. The highest BCUT2D eigenvalue weighted by molar-refractivity contribution is 5.82. The third-order valence-corrected chi connectivity index (χ3v) is 12.5. The van der Waals surface area contributed by atoms with E-state index in [1.54, 1.807) is 0 Å². The first kappa shape index (κ1) is 43.3.